The largest absolute Gasteiger partial charge is 0.398 e. The van der Waals surface area contributed by atoms with E-state index < -0.39 is 11.6 Å². The van der Waals surface area contributed by atoms with Crippen molar-refractivity contribution in [3.05, 3.63) is 22.2 Å². The van der Waals surface area contributed by atoms with Crippen LogP contribution in [0, 0.1) is 0 Å². The van der Waals surface area contributed by atoms with Gasteiger partial charge >= 0.3 is 6.18 Å². The van der Waals surface area contributed by atoms with Crippen LogP contribution >= 0.6 is 23.2 Å². The van der Waals surface area contributed by atoms with Gasteiger partial charge in [0.1, 0.15) is 5.15 Å². The van der Waals surface area contributed by atoms with E-state index in [4.69, 9.17) is 23.2 Å². The van der Waals surface area contributed by atoms with E-state index in [1.165, 1.54) is 0 Å². The number of alkyl halides is 3. The molecule has 1 saturated carbocycles. The Labute approximate surface area is 93.4 Å². The molecule has 1 aromatic rings. The van der Waals surface area contributed by atoms with Crippen LogP contribution in [0.5, 0.6) is 0 Å². The molecule has 7 heteroatoms. The summed E-state index contributed by atoms with van der Waals surface area (Å²) in [5.41, 5.74) is -1.93. The van der Waals surface area contributed by atoms with Gasteiger partial charge in [-0.3, -0.25) is 0 Å². The van der Waals surface area contributed by atoms with Gasteiger partial charge in [-0.2, -0.15) is 13.2 Å². The van der Waals surface area contributed by atoms with Crippen molar-refractivity contribution >= 4 is 23.2 Å². The van der Waals surface area contributed by atoms with Crippen LogP contribution in [-0.4, -0.2) is 16.1 Å². The van der Waals surface area contributed by atoms with Gasteiger partial charge in [0.05, 0.1) is 5.41 Å². The predicted octanol–water partition coefficient (Wildman–Crippen LogP) is 3.38. The normalized spacial score (nSPS) is 19.0. The van der Waals surface area contributed by atoms with Crippen LogP contribution in [-0.2, 0) is 5.41 Å². The maximum Gasteiger partial charge on any atom is 0.398 e. The molecule has 0 bridgehead atoms. The second-order valence-electron chi connectivity index (χ2n) is 3.42. The Hall–Kier alpha value is -0.550. The van der Waals surface area contributed by atoms with Crippen molar-refractivity contribution in [2.45, 2.75) is 24.4 Å². The van der Waals surface area contributed by atoms with Crippen molar-refractivity contribution in [2.75, 3.05) is 0 Å². The third-order valence-electron chi connectivity index (χ3n) is 2.52. The first kappa shape index (κ1) is 11.0. The molecule has 82 valence electrons. The quantitative estimate of drug-likeness (QED) is 0.569. The zero-order valence-corrected chi connectivity index (χ0v) is 8.79. The molecule has 0 saturated heterocycles. The van der Waals surface area contributed by atoms with Crippen LogP contribution in [0.25, 0.3) is 0 Å². The fourth-order valence-corrected chi connectivity index (χ4v) is 1.98. The van der Waals surface area contributed by atoms with Crippen LogP contribution in [0.4, 0.5) is 13.2 Å². The van der Waals surface area contributed by atoms with Gasteiger partial charge in [-0.25, -0.2) is 9.97 Å². The molecule has 0 amide bonds. The highest BCUT2D eigenvalue weighted by Gasteiger charge is 2.65. The second-order valence-corrected chi connectivity index (χ2v) is 4.12. The molecule has 0 atom stereocenters. The maximum atomic E-state index is 12.7. The fraction of sp³-hybridized carbons (Fsp3) is 0.500. The average molecular weight is 257 g/mol. The van der Waals surface area contributed by atoms with Gasteiger partial charge in [-0.05, 0) is 24.4 Å². The number of rotatable bonds is 1. The van der Waals surface area contributed by atoms with Gasteiger partial charge in [0.25, 0.3) is 0 Å². The van der Waals surface area contributed by atoms with Gasteiger partial charge in [-0.1, -0.05) is 11.6 Å². The van der Waals surface area contributed by atoms with E-state index in [1.54, 1.807) is 0 Å². The summed E-state index contributed by atoms with van der Waals surface area (Å²) in [6, 6.07) is 0. The van der Waals surface area contributed by atoms with Crippen LogP contribution in [0.1, 0.15) is 18.4 Å². The van der Waals surface area contributed by atoms with E-state index >= 15 is 0 Å². The highest BCUT2D eigenvalue weighted by Crippen LogP contribution is 2.59. The third-order valence-corrected chi connectivity index (χ3v) is 2.99. The first-order chi connectivity index (χ1) is 6.87. The maximum absolute atomic E-state index is 12.7. The van der Waals surface area contributed by atoms with E-state index in [0.29, 0.717) is 0 Å². The molecule has 0 unspecified atom stereocenters. The lowest BCUT2D eigenvalue weighted by Crippen LogP contribution is -2.29. The first-order valence-corrected chi connectivity index (χ1v) is 4.88. The molecule has 1 aromatic heterocycles. The van der Waals surface area contributed by atoms with E-state index in [0.717, 1.165) is 6.20 Å². The molecule has 1 aliphatic rings. The molecule has 0 aromatic carbocycles. The van der Waals surface area contributed by atoms with E-state index in [2.05, 4.69) is 9.97 Å². The SMILES string of the molecule is FC(F)(F)C1(c2cnc(Cl)nc2Cl)CC1. The van der Waals surface area contributed by atoms with Crippen LogP contribution in [0.15, 0.2) is 6.20 Å². The molecule has 2 nitrogen and oxygen atoms in total. The second kappa shape index (κ2) is 3.22. The highest BCUT2D eigenvalue weighted by atomic mass is 35.5. The Morgan fingerprint density at radius 2 is 1.87 bits per heavy atom. The molecule has 0 spiro atoms. The Balaban J connectivity index is 2.47. The van der Waals surface area contributed by atoms with Gasteiger partial charge in [0.15, 0.2) is 0 Å². The molecule has 2 rings (SSSR count). The highest BCUT2D eigenvalue weighted by molar-refractivity contribution is 6.32. The molecule has 1 aliphatic carbocycles. The number of nitrogens with zero attached hydrogens (tertiary/aromatic N) is 2. The van der Waals surface area contributed by atoms with Crippen molar-refractivity contribution in [2.24, 2.45) is 0 Å². The predicted molar refractivity (Wildman–Crippen MR) is 49.0 cm³/mol. The summed E-state index contributed by atoms with van der Waals surface area (Å²) >= 11 is 11.0. The van der Waals surface area contributed by atoms with E-state index in [9.17, 15) is 13.2 Å². The molecule has 0 N–H and O–H groups in total. The smallest absolute Gasteiger partial charge is 0.226 e. The zero-order valence-electron chi connectivity index (χ0n) is 7.28. The molecular weight excluding hydrogens is 252 g/mol. The minimum Gasteiger partial charge on any atom is -0.226 e. The van der Waals surface area contributed by atoms with Crippen LogP contribution < -0.4 is 0 Å². The summed E-state index contributed by atoms with van der Waals surface area (Å²) in [6.07, 6.45) is -3.20. The lowest BCUT2D eigenvalue weighted by atomic mass is 9.99. The number of halogens is 5. The van der Waals surface area contributed by atoms with E-state index in [1.807, 2.05) is 0 Å². The first-order valence-electron chi connectivity index (χ1n) is 4.12. The monoisotopic (exact) mass is 256 g/mol. The minimum atomic E-state index is -4.31. The number of hydrogen-bond donors (Lipinski definition) is 0. The van der Waals surface area contributed by atoms with E-state index in [-0.39, 0.29) is 28.8 Å². The molecule has 15 heavy (non-hydrogen) atoms. The summed E-state index contributed by atoms with van der Waals surface area (Å²) < 4.78 is 38.1. The van der Waals surface area contributed by atoms with Crippen LogP contribution in [0.2, 0.25) is 10.4 Å². The Morgan fingerprint density at radius 1 is 1.27 bits per heavy atom. The van der Waals surface area contributed by atoms with Gasteiger partial charge in [0.2, 0.25) is 5.28 Å². The van der Waals surface area contributed by atoms with Crippen molar-refractivity contribution in [3.63, 3.8) is 0 Å². The topological polar surface area (TPSA) is 25.8 Å². The van der Waals surface area contributed by atoms with Gasteiger partial charge in [0, 0.05) is 11.8 Å². The zero-order chi connectivity index (χ0) is 11.3. The van der Waals surface area contributed by atoms with Crippen molar-refractivity contribution < 1.29 is 13.2 Å². The number of hydrogen-bond acceptors (Lipinski definition) is 2. The molecule has 0 radical (unpaired) electrons. The Kier molecular flexibility index (Phi) is 2.35. The summed E-state index contributed by atoms with van der Waals surface area (Å²) in [6.45, 7) is 0. The van der Waals surface area contributed by atoms with Crippen molar-refractivity contribution in [1.29, 1.82) is 0 Å². The lowest BCUT2D eigenvalue weighted by Gasteiger charge is -2.19. The summed E-state index contributed by atoms with van der Waals surface area (Å²) in [4.78, 5) is 7.04. The molecule has 0 aliphatic heterocycles. The summed E-state index contributed by atoms with van der Waals surface area (Å²) in [5.74, 6) is 0. The van der Waals surface area contributed by atoms with Crippen molar-refractivity contribution in [1.82, 2.24) is 9.97 Å². The van der Waals surface area contributed by atoms with Gasteiger partial charge in [-0.15, -0.1) is 0 Å². The summed E-state index contributed by atoms with van der Waals surface area (Å²) in [7, 11) is 0. The molecular formula is C8H5Cl2F3N2. The van der Waals surface area contributed by atoms with Crippen LogP contribution in [0.3, 0.4) is 0 Å². The number of aromatic nitrogens is 2. The average Bonchev–Trinajstić information content (AvgIpc) is 2.83. The lowest BCUT2D eigenvalue weighted by molar-refractivity contribution is -0.160. The Bertz CT molecular complexity index is 401. The molecule has 1 fully saturated rings. The summed E-state index contributed by atoms with van der Waals surface area (Å²) in [5, 5.41) is -0.369. The minimum absolute atomic E-state index is 0.0290. The molecule has 1 heterocycles. The third kappa shape index (κ3) is 1.67. The van der Waals surface area contributed by atoms with Crippen molar-refractivity contribution in [3.8, 4) is 0 Å². The fourth-order valence-electron chi connectivity index (χ4n) is 1.49. The van der Waals surface area contributed by atoms with Gasteiger partial charge < -0.3 is 0 Å². The standard InChI is InChI=1S/C8H5Cl2F3N2/c9-5-4(3-14-6(10)15-5)7(1-2-7)8(11,12)13/h3H,1-2H2. The Morgan fingerprint density at radius 3 is 2.27 bits per heavy atom.